The Labute approximate surface area is 433 Å². The molecule has 0 aliphatic carbocycles. The zero-order chi connectivity index (χ0) is 55.7. The first-order valence-electron chi connectivity index (χ1n) is 23.0. The van der Waals surface area contributed by atoms with Gasteiger partial charge in [0.15, 0.2) is 11.2 Å². The van der Waals surface area contributed by atoms with Gasteiger partial charge in [-0.3, -0.25) is 37.4 Å². The lowest BCUT2D eigenvalue weighted by Crippen LogP contribution is -2.32. The Morgan fingerprint density at radius 3 is 1.35 bits per heavy atom. The van der Waals surface area contributed by atoms with Gasteiger partial charge in [0.25, 0.3) is 35.2 Å². The van der Waals surface area contributed by atoms with Gasteiger partial charge in [-0.2, -0.15) is 0 Å². The van der Waals surface area contributed by atoms with Crippen LogP contribution in [0.25, 0.3) is 33.8 Å². The van der Waals surface area contributed by atoms with Gasteiger partial charge < -0.3 is 40.3 Å². The number of hydrogen-bond acceptors (Lipinski definition) is 18. The first kappa shape index (κ1) is 51.8. The molecule has 10 aromatic rings. The molecule has 0 fully saturated rings. The van der Waals surface area contributed by atoms with Crippen LogP contribution in [0.15, 0.2) is 134 Å². The summed E-state index contributed by atoms with van der Waals surface area (Å²) in [7, 11) is 3.12. The van der Waals surface area contributed by atoms with E-state index in [1.165, 1.54) is 33.4 Å². The molecule has 6 N–H and O–H groups in total. The third-order valence-corrected chi connectivity index (χ3v) is 12.2. The summed E-state index contributed by atoms with van der Waals surface area (Å²) < 4.78 is 23.8. The number of carboxylic acid groups (broad SMARTS) is 2. The van der Waals surface area contributed by atoms with E-state index in [0.717, 1.165) is 20.9 Å². The van der Waals surface area contributed by atoms with Crippen molar-refractivity contribution in [2.24, 2.45) is 14.1 Å². The zero-order valence-electron chi connectivity index (χ0n) is 41.0. The van der Waals surface area contributed by atoms with Crippen molar-refractivity contribution in [3.05, 3.63) is 195 Å². The summed E-state index contributed by atoms with van der Waals surface area (Å²) in [5.41, 5.74) is 3.81. The molecular weight excluding hydrogens is 1020 g/mol. The van der Waals surface area contributed by atoms with Gasteiger partial charge in [-0.25, -0.2) is 47.5 Å². The molecule has 0 spiro atoms. The summed E-state index contributed by atoms with van der Waals surface area (Å²) in [4.78, 5) is 130. The number of oxazole rings is 2. The topological polar surface area (TPSA) is 382 Å². The number of benzene rings is 4. The second-order valence-corrected chi connectivity index (χ2v) is 17.3. The van der Waals surface area contributed by atoms with Crippen LogP contribution >= 0.6 is 0 Å². The number of nitrogens with zero attached hydrogens (tertiary/aromatic N) is 8. The maximum absolute atomic E-state index is 13.1. The smallest absolute Gasteiger partial charge is 0.448 e. The number of carbonyl (C=O) groups is 6. The molecule has 0 bridgehead atoms. The summed E-state index contributed by atoms with van der Waals surface area (Å²) in [6, 6.07) is 23.0. The van der Waals surface area contributed by atoms with Crippen molar-refractivity contribution in [2.45, 2.75) is 39.0 Å². The number of aromatic carboxylic acids is 2. The highest BCUT2D eigenvalue weighted by Crippen LogP contribution is 2.19. The van der Waals surface area contributed by atoms with Crippen molar-refractivity contribution in [1.29, 1.82) is 0 Å². The van der Waals surface area contributed by atoms with Gasteiger partial charge >= 0.3 is 35.0 Å². The molecular formula is C50H40N12O16. The fourth-order valence-electron chi connectivity index (χ4n) is 7.92. The van der Waals surface area contributed by atoms with Crippen LogP contribution in [0.3, 0.4) is 0 Å². The lowest BCUT2D eigenvalue weighted by atomic mass is 10.1. The third kappa shape index (κ3) is 10.5. The van der Waals surface area contributed by atoms with Crippen LogP contribution in [0.4, 0.5) is 0 Å². The van der Waals surface area contributed by atoms with E-state index in [4.69, 9.17) is 19.0 Å². The summed E-state index contributed by atoms with van der Waals surface area (Å²) in [5, 5.41) is 36.0. The number of fused-ring (bicyclic) bond motifs is 4. The van der Waals surface area contributed by atoms with Gasteiger partial charge in [0.05, 0.1) is 34.2 Å². The highest BCUT2D eigenvalue weighted by molar-refractivity contribution is 5.99. The Kier molecular flexibility index (Phi) is 14.0. The summed E-state index contributed by atoms with van der Waals surface area (Å²) in [6.45, 7) is 3.45. The SMILES string of the molecule is C[C@H](NC(=O)c1cc(C(=O)NCc2ccc3oc(=O)n(C)c3c2)n2c(=O)onc2n1)c1ccc(C(=O)O)cc1.C[C@H](NC(=O)c1cc(C(=O)NCc2ccc3oc(=O)n(C)c3c2)nc2noc(=O)n12)c1ccc(C(=O)O)cc1. The molecule has 10 rings (SSSR count). The molecule has 4 aromatic carbocycles. The Morgan fingerprint density at radius 2 is 0.910 bits per heavy atom. The van der Waals surface area contributed by atoms with E-state index < -0.39 is 70.7 Å². The van der Waals surface area contributed by atoms with E-state index >= 15 is 0 Å². The zero-order valence-corrected chi connectivity index (χ0v) is 41.0. The molecule has 0 unspecified atom stereocenters. The summed E-state index contributed by atoms with van der Waals surface area (Å²) in [6.07, 6.45) is 0. The van der Waals surface area contributed by atoms with E-state index in [2.05, 4.69) is 50.6 Å². The molecule has 4 amide bonds. The van der Waals surface area contributed by atoms with Gasteiger partial charge in [-0.15, -0.1) is 0 Å². The van der Waals surface area contributed by atoms with Crippen LogP contribution < -0.4 is 44.3 Å². The molecule has 0 saturated carbocycles. The second kappa shape index (κ2) is 21.0. The van der Waals surface area contributed by atoms with Gasteiger partial charge in [0.1, 0.15) is 22.8 Å². The number of carboxylic acids is 2. The van der Waals surface area contributed by atoms with E-state index in [9.17, 15) is 47.9 Å². The molecule has 396 valence electrons. The van der Waals surface area contributed by atoms with E-state index in [1.807, 2.05) is 0 Å². The standard InChI is InChI=1S/2C25H20N6O8/c1-12(14-4-6-15(7-5-14)22(34)35)27-20(32)16-10-18(31-23(28-16)29-39-25(31)37)21(33)26-11-13-3-8-19-17(9-13)30(2)24(36)38-19;1-12(14-4-6-15(7-5-14)22(34)35)27-21(33)18-10-16(28-23-29-39-25(37)31(18)23)20(32)26-11-13-3-8-19-17(9-13)30(2)24(36)38-19/h3-10,12H,11H2,1-2H3,(H,26,33)(H,27,32)(H,34,35);3-10,12H,11H2,1-2H3,(H,26,32)(H,27,33)(H,34,35)/t2*12-/m00/s1. The van der Waals surface area contributed by atoms with E-state index in [0.29, 0.717) is 44.5 Å². The normalized spacial score (nSPS) is 11.9. The van der Waals surface area contributed by atoms with Crippen LogP contribution in [-0.2, 0) is 27.2 Å². The molecule has 28 nitrogen and oxygen atoms in total. The fraction of sp³-hybridized carbons (Fsp3) is 0.160. The molecule has 2 atom stereocenters. The number of hydrogen-bond donors (Lipinski definition) is 6. The Balaban J connectivity index is 0.000000190. The average molecular weight is 1060 g/mol. The summed E-state index contributed by atoms with van der Waals surface area (Å²) in [5.74, 6) is -8.43. The largest absolute Gasteiger partial charge is 0.478 e. The molecule has 6 aromatic heterocycles. The summed E-state index contributed by atoms with van der Waals surface area (Å²) >= 11 is 0. The first-order valence-corrected chi connectivity index (χ1v) is 23.0. The number of carbonyl (C=O) groups excluding carboxylic acids is 4. The minimum Gasteiger partial charge on any atom is -0.478 e. The lowest BCUT2D eigenvalue weighted by Gasteiger charge is -2.15. The van der Waals surface area contributed by atoms with Gasteiger partial charge in [0, 0.05) is 27.2 Å². The Bertz CT molecular complexity index is 4310. The van der Waals surface area contributed by atoms with E-state index in [1.54, 1.807) is 88.6 Å². The minimum absolute atomic E-state index is 0.0306. The van der Waals surface area contributed by atoms with Gasteiger partial charge in [-0.05, 0) is 107 Å². The predicted molar refractivity (Wildman–Crippen MR) is 267 cm³/mol. The Morgan fingerprint density at radius 1 is 0.513 bits per heavy atom. The Hall–Kier alpha value is -11.1. The average Bonchev–Trinajstić information content (AvgIpc) is 4.24. The minimum atomic E-state index is -1.08. The van der Waals surface area contributed by atoms with Crippen molar-refractivity contribution in [3.8, 4) is 0 Å². The van der Waals surface area contributed by atoms with Crippen molar-refractivity contribution in [1.82, 2.24) is 59.5 Å². The highest BCUT2D eigenvalue weighted by atomic mass is 16.5. The van der Waals surface area contributed by atoms with Crippen LogP contribution in [0.5, 0.6) is 0 Å². The molecule has 78 heavy (non-hydrogen) atoms. The molecule has 6 heterocycles. The second-order valence-electron chi connectivity index (χ2n) is 17.3. The number of nitrogens with one attached hydrogen (secondary N) is 4. The fourth-order valence-corrected chi connectivity index (χ4v) is 7.92. The molecule has 0 radical (unpaired) electrons. The highest BCUT2D eigenvalue weighted by Gasteiger charge is 2.24. The molecule has 0 aliphatic rings. The van der Waals surface area contributed by atoms with E-state index in [-0.39, 0.29) is 58.5 Å². The lowest BCUT2D eigenvalue weighted by molar-refractivity contribution is 0.0686. The molecule has 0 aliphatic heterocycles. The number of aryl methyl sites for hydroxylation is 2. The van der Waals surface area contributed by atoms with Crippen molar-refractivity contribution < 1.29 is 56.9 Å². The number of rotatable bonds is 14. The maximum Gasteiger partial charge on any atom is 0.448 e. The molecule has 0 saturated heterocycles. The quantitative estimate of drug-likeness (QED) is 0.0911. The van der Waals surface area contributed by atoms with Crippen LogP contribution in [-0.4, -0.2) is 84.0 Å². The van der Waals surface area contributed by atoms with Gasteiger partial charge in [0.2, 0.25) is 0 Å². The third-order valence-electron chi connectivity index (χ3n) is 12.2. The van der Waals surface area contributed by atoms with Gasteiger partial charge in [-0.1, -0.05) is 36.4 Å². The molecule has 28 heteroatoms. The number of amides is 4. The van der Waals surface area contributed by atoms with Crippen molar-refractivity contribution >= 4 is 69.3 Å². The van der Waals surface area contributed by atoms with Crippen LogP contribution in [0.1, 0.15) is 111 Å². The van der Waals surface area contributed by atoms with Crippen molar-refractivity contribution in [3.63, 3.8) is 0 Å². The number of aromatic nitrogens is 8. The van der Waals surface area contributed by atoms with Crippen molar-refractivity contribution in [2.75, 3.05) is 0 Å². The van der Waals surface area contributed by atoms with Crippen LogP contribution in [0.2, 0.25) is 0 Å². The first-order chi connectivity index (χ1) is 37.2. The van der Waals surface area contributed by atoms with Crippen LogP contribution in [0, 0.1) is 0 Å². The monoisotopic (exact) mass is 1060 g/mol. The maximum atomic E-state index is 13.1. The predicted octanol–water partition coefficient (Wildman–Crippen LogP) is 2.49.